The Morgan fingerprint density at radius 3 is 2.62 bits per heavy atom. The highest BCUT2D eigenvalue weighted by Gasteiger charge is 2.40. The lowest BCUT2D eigenvalue weighted by Crippen LogP contribution is -2.58. The number of hydrogen-bond donors (Lipinski definition) is 1. The number of carbonyl (C=O) groups excluding carboxylic acids is 3. The molecule has 0 saturated carbocycles. The van der Waals surface area contributed by atoms with Gasteiger partial charge in [-0.3, -0.25) is 19.9 Å². The van der Waals surface area contributed by atoms with Crippen LogP contribution in [0.15, 0.2) is 53.5 Å². The van der Waals surface area contributed by atoms with Gasteiger partial charge < -0.3 is 4.74 Å². The SMILES string of the molecule is COc1ccccc1N=C[C@H]1C(=O)NC(=O)N(c2cccc(C)c2)C1=O. The summed E-state index contributed by atoms with van der Waals surface area (Å²) in [6, 6.07) is 13.1. The maximum absolute atomic E-state index is 12.8. The van der Waals surface area contributed by atoms with Gasteiger partial charge >= 0.3 is 6.03 Å². The van der Waals surface area contributed by atoms with E-state index in [0.717, 1.165) is 10.5 Å². The smallest absolute Gasteiger partial charge is 0.335 e. The number of aryl methyl sites for hydroxylation is 1. The first kappa shape index (κ1) is 17.3. The Balaban J connectivity index is 1.92. The first-order valence-corrected chi connectivity index (χ1v) is 7.94. The van der Waals surface area contributed by atoms with E-state index in [-0.39, 0.29) is 0 Å². The Bertz CT molecular complexity index is 907. The fourth-order valence-corrected chi connectivity index (χ4v) is 2.62. The molecule has 4 amide bonds. The van der Waals surface area contributed by atoms with Gasteiger partial charge in [-0.25, -0.2) is 9.69 Å². The highest BCUT2D eigenvalue weighted by atomic mass is 16.5. The number of nitrogens with one attached hydrogen (secondary N) is 1. The number of aliphatic imine (C=N–C) groups is 1. The molecule has 132 valence electrons. The largest absolute Gasteiger partial charge is 0.494 e. The van der Waals surface area contributed by atoms with E-state index in [1.54, 1.807) is 42.5 Å². The van der Waals surface area contributed by atoms with E-state index in [0.29, 0.717) is 17.1 Å². The molecule has 3 rings (SSSR count). The van der Waals surface area contributed by atoms with Crippen LogP contribution >= 0.6 is 0 Å². The van der Waals surface area contributed by atoms with E-state index in [1.807, 2.05) is 13.0 Å². The molecule has 2 aromatic carbocycles. The van der Waals surface area contributed by atoms with Crippen LogP contribution in [-0.4, -0.2) is 31.2 Å². The molecule has 0 bridgehead atoms. The van der Waals surface area contributed by atoms with Crippen molar-refractivity contribution in [1.82, 2.24) is 5.32 Å². The Labute approximate surface area is 150 Å². The summed E-state index contributed by atoms with van der Waals surface area (Å²) in [5.74, 6) is -2.05. The minimum atomic E-state index is -1.21. The van der Waals surface area contributed by atoms with Gasteiger partial charge in [0.25, 0.3) is 5.91 Å². The summed E-state index contributed by atoms with van der Waals surface area (Å²) in [5.41, 5.74) is 1.77. The minimum absolute atomic E-state index is 0.399. The molecule has 1 aliphatic heterocycles. The summed E-state index contributed by atoms with van der Waals surface area (Å²) in [4.78, 5) is 42.2. The fourth-order valence-electron chi connectivity index (χ4n) is 2.62. The quantitative estimate of drug-likeness (QED) is 0.677. The number of urea groups is 1. The predicted octanol–water partition coefficient (Wildman–Crippen LogP) is 2.61. The summed E-state index contributed by atoms with van der Waals surface area (Å²) in [5, 5.41) is 2.20. The maximum Gasteiger partial charge on any atom is 0.335 e. The Morgan fingerprint density at radius 1 is 1.12 bits per heavy atom. The number of barbiturate groups is 1. The second-order valence-corrected chi connectivity index (χ2v) is 5.73. The molecule has 0 aromatic heterocycles. The van der Waals surface area contributed by atoms with Gasteiger partial charge in [-0.15, -0.1) is 0 Å². The average molecular weight is 351 g/mol. The normalized spacial score (nSPS) is 17.5. The average Bonchev–Trinajstić information content (AvgIpc) is 2.61. The van der Waals surface area contributed by atoms with Crippen LogP contribution in [-0.2, 0) is 9.59 Å². The zero-order chi connectivity index (χ0) is 18.7. The molecule has 0 aliphatic carbocycles. The summed E-state index contributed by atoms with van der Waals surface area (Å²) in [6.45, 7) is 1.85. The number of benzene rings is 2. The number of amides is 4. The molecule has 7 nitrogen and oxygen atoms in total. The third-order valence-electron chi connectivity index (χ3n) is 3.91. The van der Waals surface area contributed by atoms with Gasteiger partial charge in [0.2, 0.25) is 5.91 Å². The lowest BCUT2D eigenvalue weighted by atomic mass is 10.1. The molecule has 1 fully saturated rings. The Hall–Kier alpha value is -3.48. The van der Waals surface area contributed by atoms with Crippen molar-refractivity contribution in [3.8, 4) is 5.75 Å². The van der Waals surface area contributed by atoms with Crippen LogP contribution in [0.3, 0.4) is 0 Å². The second-order valence-electron chi connectivity index (χ2n) is 5.73. The fraction of sp³-hybridized carbons (Fsp3) is 0.158. The van der Waals surface area contributed by atoms with Crippen molar-refractivity contribution in [2.45, 2.75) is 6.92 Å². The van der Waals surface area contributed by atoms with Gasteiger partial charge in [0.05, 0.1) is 12.8 Å². The van der Waals surface area contributed by atoms with Crippen molar-refractivity contribution in [1.29, 1.82) is 0 Å². The van der Waals surface area contributed by atoms with Gasteiger partial charge in [-0.2, -0.15) is 0 Å². The second kappa shape index (κ2) is 7.18. The number of ether oxygens (including phenoxy) is 1. The zero-order valence-corrected chi connectivity index (χ0v) is 14.3. The van der Waals surface area contributed by atoms with Crippen LogP contribution in [0.25, 0.3) is 0 Å². The molecule has 0 unspecified atom stereocenters. The first-order chi connectivity index (χ1) is 12.5. The highest BCUT2D eigenvalue weighted by Crippen LogP contribution is 2.27. The number of carbonyl (C=O) groups is 3. The molecule has 7 heteroatoms. The number of rotatable bonds is 4. The van der Waals surface area contributed by atoms with Crippen molar-refractivity contribution in [2.24, 2.45) is 10.9 Å². The third kappa shape index (κ3) is 3.32. The van der Waals surface area contributed by atoms with E-state index >= 15 is 0 Å². The summed E-state index contributed by atoms with van der Waals surface area (Å²) < 4.78 is 5.20. The first-order valence-electron chi connectivity index (χ1n) is 7.94. The minimum Gasteiger partial charge on any atom is -0.494 e. The van der Waals surface area contributed by atoms with Crippen LogP contribution in [0.1, 0.15) is 5.56 Å². The molecule has 2 aromatic rings. The van der Waals surface area contributed by atoms with Crippen LogP contribution in [0, 0.1) is 12.8 Å². The van der Waals surface area contributed by atoms with Crippen LogP contribution in [0.2, 0.25) is 0 Å². The number of hydrogen-bond acceptors (Lipinski definition) is 5. The van der Waals surface area contributed by atoms with E-state index < -0.39 is 23.8 Å². The Kier molecular flexibility index (Phi) is 4.79. The van der Waals surface area contributed by atoms with Gasteiger partial charge in [0.15, 0.2) is 5.92 Å². The molecule has 0 spiro atoms. The topological polar surface area (TPSA) is 88.1 Å². The van der Waals surface area contributed by atoms with Crippen molar-refractivity contribution >= 4 is 35.4 Å². The van der Waals surface area contributed by atoms with Gasteiger partial charge in [-0.05, 0) is 36.8 Å². The molecular weight excluding hydrogens is 334 g/mol. The number of para-hydroxylation sites is 2. The van der Waals surface area contributed by atoms with E-state index in [1.165, 1.54) is 13.3 Å². The molecule has 26 heavy (non-hydrogen) atoms. The standard InChI is InChI=1S/C19H17N3O4/c1-12-6-5-7-13(10-12)22-18(24)14(17(23)21-19(22)25)11-20-15-8-3-4-9-16(15)26-2/h3-11,14H,1-2H3,(H,21,23,25)/t14-/m0/s1. The number of methoxy groups -OCH3 is 1. The van der Waals surface area contributed by atoms with E-state index in [4.69, 9.17) is 4.74 Å². The Morgan fingerprint density at radius 2 is 1.88 bits per heavy atom. The van der Waals surface area contributed by atoms with Crippen LogP contribution in [0.4, 0.5) is 16.2 Å². The number of nitrogens with zero attached hydrogens (tertiary/aromatic N) is 2. The summed E-state index contributed by atoms with van der Waals surface area (Å²) >= 11 is 0. The van der Waals surface area contributed by atoms with Crippen molar-refractivity contribution < 1.29 is 19.1 Å². The van der Waals surface area contributed by atoms with Gasteiger partial charge in [-0.1, -0.05) is 24.3 Å². The summed E-state index contributed by atoms with van der Waals surface area (Å²) in [7, 11) is 1.50. The molecule has 1 heterocycles. The lowest BCUT2D eigenvalue weighted by Gasteiger charge is -2.28. The van der Waals surface area contributed by atoms with Crippen molar-refractivity contribution in [3.63, 3.8) is 0 Å². The molecule has 1 aliphatic rings. The van der Waals surface area contributed by atoms with Crippen LogP contribution < -0.4 is 15.0 Å². The van der Waals surface area contributed by atoms with E-state index in [2.05, 4.69) is 10.3 Å². The molecule has 1 saturated heterocycles. The van der Waals surface area contributed by atoms with Crippen molar-refractivity contribution in [2.75, 3.05) is 12.0 Å². The molecular formula is C19H17N3O4. The summed E-state index contributed by atoms with van der Waals surface area (Å²) in [6.07, 6.45) is 1.23. The lowest BCUT2D eigenvalue weighted by molar-refractivity contribution is -0.131. The van der Waals surface area contributed by atoms with Crippen molar-refractivity contribution in [3.05, 3.63) is 54.1 Å². The number of anilines is 1. The predicted molar refractivity (Wildman–Crippen MR) is 96.8 cm³/mol. The monoisotopic (exact) mass is 351 g/mol. The highest BCUT2D eigenvalue weighted by molar-refractivity contribution is 6.32. The van der Waals surface area contributed by atoms with Gasteiger partial charge in [0, 0.05) is 6.21 Å². The number of imide groups is 2. The molecule has 1 N–H and O–H groups in total. The third-order valence-corrected chi connectivity index (χ3v) is 3.91. The molecule has 1 atom stereocenters. The van der Waals surface area contributed by atoms with Crippen LogP contribution in [0.5, 0.6) is 5.75 Å². The van der Waals surface area contributed by atoms with Gasteiger partial charge in [0.1, 0.15) is 11.4 Å². The van der Waals surface area contributed by atoms with E-state index in [9.17, 15) is 14.4 Å². The zero-order valence-electron chi connectivity index (χ0n) is 14.3. The molecule has 0 radical (unpaired) electrons. The maximum atomic E-state index is 12.8.